The lowest BCUT2D eigenvalue weighted by atomic mass is 10.1. The van der Waals surface area contributed by atoms with Crippen LogP contribution in [0, 0.1) is 5.92 Å². The first-order chi connectivity index (χ1) is 8.07. The molecule has 0 heterocycles. The summed E-state index contributed by atoms with van der Waals surface area (Å²) < 4.78 is 0. The highest BCUT2D eigenvalue weighted by molar-refractivity contribution is 5.77. The summed E-state index contributed by atoms with van der Waals surface area (Å²) in [5, 5.41) is 12.3. The number of unbranched alkanes of at least 4 members (excludes halogenated alkanes) is 1. The molecule has 0 aliphatic rings. The van der Waals surface area contributed by atoms with E-state index in [2.05, 4.69) is 12.2 Å². The highest BCUT2D eigenvalue weighted by Crippen LogP contribution is 2.05. The quantitative estimate of drug-likeness (QED) is 0.646. The molecule has 0 spiro atoms. The summed E-state index contributed by atoms with van der Waals surface area (Å²) in [5.41, 5.74) is 0. The topological polar surface area (TPSA) is 49.3 Å². The van der Waals surface area contributed by atoms with Crippen LogP contribution in [-0.4, -0.2) is 23.7 Å². The summed E-state index contributed by atoms with van der Waals surface area (Å²) in [7, 11) is 0. The summed E-state index contributed by atoms with van der Waals surface area (Å²) in [6.07, 6.45) is 4.56. The Labute approximate surface area is 107 Å². The van der Waals surface area contributed by atoms with Gasteiger partial charge < -0.3 is 10.4 Å². The molecule has 0 saturated heterocycles. The second kappa shape index (κ2) is 13.5. The Kier molecular flexibility index (Phi) is 14.9. The molecule has 0 rings (SSSR count). The average molecular weight is 245 g/mol. The summed E-state index contributed by atoms with van der Waals surface area (Å²) in [4.78, 5) is 11.2. The number of hydrogen-bond acceptors (Lipinski definition) is 2. The van der Waals surface area contributed by atoms with Gasteiger partial charge in [0.25, 0.3) is 0 Å². The van der Waals surface area contributed by atoms with E-state index in [1.807, 2.05) is 27.7 Å². The van der Waals surface area contributed by atoms with Gasteiger partial charge in [0.15, 0.2) is 0 Å². The molecule has 0 aromatic heterocycles. The van der Waals surface area contributed by atoms with Crippen molar-refractivity contribution in [3.05, 3.63) is 0 Å². The van der Waals surface area contributed by atoms with Gasteiger partial charge in [-0.2, -0.15) is 0 Å². The molecule has 0 saturated carbocycles. The fourth-order valence-electron chi connectivity index (χ4n) is 1.40. The Morgan fingerprint density at radius 3 is 2.24 bits per heavy atom. The van der Waals surface area contributed by atoms with Crippen molar-refractivity contribution >= 4 is 5.91 Å². The standard InChI is InChI=1S/C12H25NO2.C2H6/c1-4-7-11(14)8-5-6-9-13-12(15)10(2)3;1-2/h10-11,14H,4-9H2,1-3H3,(H,13,15);1-2H3. The molecule has 2 N–H and O–H groups in total. The highest BCUT2D eigenvalue weighted by atomic mass is 16.3. The van der Waals surface area contributed by atoms with Crippen molar-refractivity contribution in [2.45, 2.75) is 72.8 Å². The third-order valence-electron chi connectivity index (χ3n) is 2.41. The first-order valence-electron chi connectivity index (χ1n) is 7.03. The third kappa shape index (κ3) is 13.4. The second-order valence-electron chi connectivity index (χ2n) is 4.38. The SMILES string of the molecule is CC.CCCC(O)CCCCNC(=O)C(C)C. The lowest BCUT2D eigenvalue weighted by Gasteiger charge is -2.10. The van der Waals surface area contributed by atoms with E-state index in [0.29, 0.717) is 0 Å². The maximum Gasteiger partial charge on any atom is 0.222 e. The summed E-state index contributed by atoms with van der Waals surface area (Å²) in [6, 6.07) is 0. The molecule has 3 heteroatoms. The van der Waals surface area contributed by atoms with E-state index in [1.165, 1.54) is 0 Å². The van der Waals surface area contributed by atoms with Crippen LogP contribution in [0.1, 0.15) is 66.7 Å². The Bertz CT molecular complexity index is 170. The molecule has 0 aliphatic heterocycles. The van der Waals surface area contributed by atoms with Crippen LogP contribution in [0.15, 0.2) is 0 Å². The van der Waals surface area contributed by atoms with Crippen molar-refractivity contribution in [3.8, 4) is 0 Å². The zero-order valence-corrected chi connectivity index (χ0v) is 12.3. The summed E-state index contributed by atoms with van der Waals surface area (Å²) in [5.74, 6) is 0.180. The lowest BCUT2D eigenvalue weighted by Crippen LogP contribution is -2.28. The van der Waals surface area contributed by atoms with Gasteiger partial charge in [-0.25, -0.2) is 0 Å². The maximum atomic E-state index is 11.2. The second-order valence-corrected chi connectivity index (χ2v) is 4.38. The van der Waals surface area contributed by atoms with Crippen LogP contribution in [0.5, 0.6) is 0 Å². The van der Waals surface area contributed by atoms with Crippen LogP contribution in [0.4, 0.5) is 0 Å². The molecular formula is C14H31NO2. The molecular weight excluding hydrogens is 214 g/mol. The van der Waals surface area contributed by atoms with Crippen molar-refractivity contribution in [2.75, 3.05) is 6.54 Å². The Hall–Kier alpha value is -0.570. The maximum absolute atomic E-state index is 11.2. The van der Waals surface area contributed by atoms with E-state index in [9.17, 15) is 9.90 Å². The molecule has 0 fully saturated rings. The Morgan fingerprint density at radius 2 is 1.76 bits per heavy atom. The number of aliphatic hydroxyl groups excluding tert-OH is 1. The molecule has 1 amide bonds. The van der Waals surface area contributed by atoms with Crippen molar-refractivity contribution in [1.82, 2.24) is 5.32 Å². The normalized spacial score (nSPS) is 11.7. The molecule has 0 aliphatic carbocycles. The van der Waals surface area contributed by atoms with E-state index >= 15 is 0 Å². The van der Waals surface area contributed by atoms with Crippen molar-refractivity contribution in [1.29, 1.82) is 0 Å². The smallest absolute Gasteiger partial charge is 0.222 e. The fraction of sp³-hybridized carbons (Fsp3) is 0.929. The van der Waals surface area contributed by atoms with Crippen LogP contribution >= 0.6 is 0 Å². The van der Waals surface area contributed by atoms with E-state index in [1.54, 1.807) is 0 Å². The zero-order chi connectivity index (χ0) is 13.7. The number of amides is 1. The number of aliphatic hydroxyl groups is 1. The predicted octanol–water partition coefficient (Wildman–Crippen LogP) is 3.12. The van der Waals surface area contributed by atoms with E-state index in [-0.39, 0.29) is 17.9 Å². The average Bonchev–Trinajstić information content (AvgIpc) is 2.31. The van der Waals surface area contributed by atoms with E-state index in [0.717, 1.165) is 38.6 Å². The summed E-state index contributed by atoms with van der Waals surface area (Å²) in [6.45, 7) is 10.6. The van der Waals surface area contributed by atoms with Gasteiger partial charge in [0, 0.05) is 12.5 Å². The molecule has 17 heavy (non-hydrogen) atoms. The van der Waals surface area contributed by atoms with Gasteiger partial charge >= 0.3 is 0 Å². The van der Waals surface area contributed by atoms with E-state index in [4.69, 9.17) is 0 Å². The van der Waals surface area contributed by atoms with Gasteiger partial charge in [-0.3, -0.25) is 4.79 Å². The van der Waals surface area contributed by atoms with Crippen LogP contribution in [-0.2, 0) is 4.79 Å². The van der Waals surface area contributed by atoms with E-state index < -0.39 is 0 Å². The first-order valence-corrected chi connectivity index (χ1v) is 7.03. The lowest BCUT2D eigenvalue weighted by molar-refractivity contribution is -0.123. The van der Waals surface area contributed by atoms with Crippen LogP contribution < -0.4 is 5.32 Å². The minimum absolute atomic E-state index is 0.0654. The van der Waals surface area contributed by atoms with Crippen molar-refractivity contribution in [3.63, 3.8) is 0 Å². The van der Waals surface area contributed by atoms with Gasteiger partial charge in [-0.1, -0.05) is 41.0 Å². The molecule has 0 radical (unpaired) electrons. The Balaban J connectivity index is 0. The molecule has 104 valence electrons. The molecule has 0 aromatic rings. The number of hydrogen-bond donors (Lipinski definition) is 2. The van der Waals surface area contributed by atoms with Crippen molar-refractivity contribution in [2.24, 2.45) is 5.92 Å². The molecule has 0 aromatic carbocycles. The van der Waals surface area contributed by atoms with Gasteiger partial charge in [0.2, 0.25) is 5.91 Å². The number of carbonyl (C=O) groups excluding carboxylic acids is 1. The van der Waals surface area contributed by atoms with Gasteiger partial charge in [-0.05, 0) is 25.7 Å². The highest BCUT2D eigenvalue weighted by Gasteiger charge is 2.05. The molecule has 3 nitrogen and oxygen atoms in total. The molecule has 1 unspecified atom stereocenters. The number of nitrogens with one attached hydrogen (secondary N) is 1. The van der Waals surface area contributed by atoms with Crippen LogP contribution in [0.3, 0.4) is 0 Å². The number of rotatable bonds is 8. The monoisotopic (exact) mass is 245 g/mol. The largest absolute Gasteiger partial charge is 0.393 e. The minimum atomic E-state index is -0.157. The van der Waals surface area contributed by atoms with Gasteiger partial charge in [0.05, 0.1) is 6.10 Å². The van der Waals surface area contributed by atoms with Gasteiger partial charge in [-0.15, -0.1) is 0 Å². The molecule has 0 bridgehead atoms. The first kappa shape index (κ1) is 18.8. The van der Waals surface area contributed by atoms with Crippen LogP contribution in [0.2, 0.25) is 0 Å². The third-order valence-corrected chi connectivity index (χ3v) is 2.41. The number of carbonyl (C=O) groups is 1. The van der Waals surface area contributed by atoms with Gasteiger partial charge in [0.1, 0.15) is 0 Å². The summed E-state index contributed by atoms with van der Waals surface area (Å²) >= 11 is 0. The van der Waals surface area contributed by atoms with Crippen molar-refractivity contribution < 1.29 is 9.90 Å². The zero-order valence-electron chi connectivity index (χ0n) is 12.3. The minimum Gasteiger partial charge on any atom is -0.393 e. The predicted molar refractivity (Wildman–Crippen MR) is 74.0 cm³/mol. The molecule has 1 atom stereocenters. The fourth-order valence-corrected chi connectivity index (χ4v) is 1.40. The Morgan fingerprint density at radius 1 is 1.18 bits per heavy atom. The van der Waals surface area contributed by atoms with Crippen LogP contribution in [0.25, 0.3) is 0 Å².